The highest BCUT2D eigenvalue weighted by molar-refractivity contribution is 6.35. The number of hydrogen-bond donors (Lipinski definition) is 1. The minimum absolute atomic E-state index is 0.134. The van der Waals surface area contributed by atoms with Gasteiger partial charge in [0.25, 0.3) is 5.91 Å². The van der Waals surface area contributed by atoms with E-state index in [2.05, 4.69) is 10.3 Å². The fourth-order valence-electron chi connectivity index (χ4n) is 2.09. The summed E-state index contributed by atoms with van der Waals surface area (Å²) in [5.41, 5.74) is 0.973. The summed E-state index contributed by atoms with van der Waals surface area (Å²) in [6.07, 6.45) is 3.65. The molecule has 5 nitrogen and oxygen atoms in total. The van der Waals surface area contributed by atoms with Gasteiger partial charge in [0.1, 0.15) is 11.6 Å². The maximum atomic E-state index is 11.9. The Bertz CT molecular complexity index is 848. The van der Waals surface area contributed by atoms with Crippen molar-refractivity contribution in [2.75, 3.05) is 6.61 Å². The molecule has 2 aromatic heterocycles. The van der Waals surface area contributed by atoms with Crippen LogP contribution in [0.4, 0.5) is 0 Å². The third-order valence-electron chi connectivity index (χ3n) is 3.21. The van der Waals surface area contributed by atoms with Gasteiger partial charge in [0.2, 0.25) is 0 Å². The lowest BCUT2D eigenvalue weighted by Crippen LogP contribution is -2.29. The molecule has 0 unspecified atom stereocenters. The monoisotopic (exact) mass is 349 g/mol. The lowest BCUT2D eigenvalue weighted by Gasteiger charge is -2.08. The number of ether oxygens (including phenoxy) is 1. The fourth-order valence-corrected chi connectivity index (χ4v) is 2.56. The molecule has 0 bridgehead atoms. The first-order chi connectivity index (χ1) is 11.1. The second-order valence-electron chi connectivity index (χ2n) is 4.81. The molecule has 7 heteroatoms. The Hall–Kier alpha value is -2.24. The molecule has 0 radical (unpaired) electrons. The number of nitrogens with zero attached hydrogens (tertiary/aromatic N) is 2. The average Bonchev–Trinajstić information content (AvgIpc) is 2.95. The van der Waals surface area contributed by atoms with Gasteiger partial charge in [-0.1, -0.05) is 29.3 Å². The smallest absolute Gasteiger partial charge is 0.258 e. The minimum Gasteiger partial charge on any atom is -0.482 e. The van der Waals surface area contributed by atoms with Crippen LogP contribution in [0.15, 0.2) is 48.8 Å². The van der Waals surface area contributed by atoms with E-state index in [1.807, 2.05) is 28.8 Å². The largest absolute Gasteiger partial charge is 0.482 e. The summed E-state index contributed by atoms with van der Waals surface area (Å²) in [6, 6.07) is 10.6. The SMILES string of the molecule is O=C(COc1ccc(Cl)cc1Cl)NCc1ncc2ccccn12. The van der Waals surface area contributed by atoms with Crippen LogP contribution in [0.25, 0.3) is 5.52 Å². The van der Waals surface area contributed by atoms with Gasteiger partial charge in [-0.25, -0.2) is 4.98 Å². The Morgan fingerprint density at radius 1 is 1.26 bits per heavy atom. The number of hydrogen-bond acceptors (Lipinski definition) is 3. The number of pyridine rings is 1. The summed E-state index contributed by atoms with van der Waals surface area (Å²) in [5.74, 6) is 0.902. The molecule has 3 rings (SSSR count). The molecule has 23 heavy (non-hydrogen) atoms. The predicted molar refractivity (Wildman–Crippen MR) is 89.0 cm³/mol. The van der Waals surface area contributed by atoms with Crippen LogP contribution in [0.5, 0.6) is 5.75 Å². The van der Waals surface area contributed by atoms with Crippen LogP contribution in [0.1, 0.15) is 5.82 Å². The summed E-state index contributed by atoms with van der Waals surface area (Å²) < 4.78 is 7.30. The van der Waals surface area contributed by atoms with Crippen LogP contribution in [0, 0.1) is 0 Å². The van der Waals surface area contributed by atoms with Gasteiger partial charge < -0.3 is 14.5 Å². The molecule has 1 N–H and O–H groups in total. The molecule has 2 heterocycles. The molecule has 0 atom stereocenters. The summed E-state index contributed by atoms with van der Waals surface area (Å²) in [4.78, 5) is 16.2. The van der Waals surface area contributed by atoms with E-state index >= 15 is 0 Å². The first-order valence-electron chi connectivity index (χ1n) is 6.89. The Labute approximate surface area is 142 Å². The topological polar surface area (TPSA) is 55.6 Å². The van der Waals surface area contributed by atoms with Gasteiger partial charge >= 0.3 is 0 Å². The Morgan fingerprint density at radius 3 is 2.96 bits per heavy atom. The minimum atomic E-state index is -0.260. The molecule has 1 amide bonds. The van der Waals surface area contributed by atoms with Gasteiger partial charge in [-0.2, -0.15) is 0 Å². The number of aromatic nitrogens is 2. The molecule has 0 aliphatic heterocycles. The Balaban J connectivity index is 1.55. The van der Waals surface area contributed by atoms with E-state index in [0.29, 0.717) is 22.3 Å². The van der Waals surface area contributed by atoms with E-state index in [9.17, 15) is 4.79 Å². The van der Waals surface area contributed by atoms with Crippen LogP contribution in [0.2, 0.25) is 10.0 Å². The van der Waals surface area contributed by atoms with E-state index in [-0.39, 0.29) is 12.5 Å². The van der Waals surface area contributed by atoms with E-state index in [4.69, 9.17) is 27.9 Å². The zero-order valence-corrected chi connectivity index (χ0v) is 13.5. The van der Waals surface area contributed by atoms with Crippen LogP contribution in [0.3, 0.4) is 0 Å². The molecule has 3 aromatic rings. The molecular formula is C16H13Cl2N3O2. The van der Waals surface area contributed by atoms with Gasteiger partial charge in [0, 0.05) is 11.2 Å². The van der Waals surface area contributed by atoms with Crippen molar-refractivity contribution in [2.45, 2.75) is 6.54 Å². The predicted octanol–water partition coefficient (Wildman–Crippen LogP) is 3.34. The number of halogens is 2. The highest BCUT2D eigenvalue weighted by Crippen LogP contribution is 2.27. The third kappa shape index (κ3) is 3.75. The molecule has 0 fully saturated rings. The van der Waals surface area contributed by atoms with Crippen molar-refractivity contribution in [3.63, 3.8) is 0 Å². The van der Waals surface area contributed by atoms with Crippen LogP contribution < -0.4 is 10.1 Å². The van der Waals surface area contributed by atoms with Crippen molar-refractivity contribution < 1.29 is 9.53 Å². The number of fused-ring (bicyclic) bond motifs is 1. The summed E-state index contributed by atoms with van der Waals surface area (Å²) in [5, 5.41) is 3.64. The maximum Gasteiger partial charge on any atom is 0.258 e. The average molecular weight is 350 g/mol. The molecule has 0 spiro atoms. The maximum absolute atomic E-state index is 11.9. The van der Waals surface area contributed by atoms with Gasteiger partial charge in [-0.05, 0) is 30.3 Å². The molecule has 0 aliphatic carbocycles. The van der Waals surface area contributed by atoms with Crippen molar-refractivity contribution in [3.05, 3.63) is 64.7 Å². The first-order valence-corrected chi connectivity index (χ1v) is 7.64. The third-order valence-corrected chi connectivity index (χ3v) is 3.74. The molecule has 0 saturated heterocycles. The highest BCUT2D eigenvalue weighted by Gasteiger charge is 2.08. The van der Waals surface area contributed by atoms with E-state index in [1.54, 1.807) is 24.4 Å². The lowest BCUT2D eigenvalue weighted by atomic mass is 10.3. The van der Waals surface area contributed by atoms with E-state index in [1.165, 1.54) is 0 Å². The van der Waals surface area contributed by atoms with Gasteiger partial charge in [0.05, 0.1) is 23.3 Å². The molecule has 0 aliphatic rings. The number of carbonyl (C=O) groups excluding carboxylic acids is 1. The second-order valence-corrected chi connectivity index (χ2v) is 5.65. The van der Waals surface area contributed by atoms with Crippen molar-refractivity contribution in [1.82, 2.24) is 14.7 Å². The molecule has 1 aromatic carbocycles. The highest BCUT2D eigenvalue weighted by atomic mass is 35.5. The van der Waals surface area contributed by atoms with E-state index in [0.717, 1.165) is 11.3 Å². The number of imidazole rings is 1. The summed E-state index contributed by atoms with van der Waals surface area (Å²) >= 11 is 11.8. The first kappa shape index (κ1) is 15.6. The normalized spacial score (nSPS) is 10.7. The number of amides is 1. The fraction of sp³-hybridized carbons (Fsp3) is 0.125. The zero-order chi connectivity index (χ0) is 16.2. The van der Waals surface area contributed by atoms with Gasteiger partial charge in [-0.3, -0.25) is 4.79 Å². The molecule has 118 valence electrons. The van der Waals surface area contributed by atoms with Gasteiger partial charge in [0.15, 0.2) is 6.61 Å². The van der Waals surface area contributed by atoms with Gasteiger partial charge in [-0.15, -0.1) is 0 Å². The number of carbonyl (C=O) groups is 1. The molecular weight excluding hydrogens is 337 g/mol. The Morgan fingerprint density at radius 2 is 2.13 bits per heavy atom. The quantitative estimate of drug-likeness (QED) is 0.768. The Kier molecular flexibility index (Phi) is 4.69. The number of rotatable bonds is 5. The van der Waals surface area contributed by atoms with Crippen LogP contribution in [-0.2, 0) is 11.3 Å². The van der Waals surface area contributed by atoms with E-state index < -0.39 is 0 Å². The number of nitrogens with one attached hydrogen (secondary N) is 1. The van der Waals surface area contributed by atoms with Crippen molar-refractivity contribution >= 4 is 34.6 Å². The van der Waals surface area contributed by atoms with Crippen LogP contribution >= 0.6 is 23.2 Å². The lowest BCUT2D eigenvalue weighted by molar-refractivity contribution is -0.123. The van der Waals surface area contributed by atoms with Crippen molar-refractivity contribution in [1.29, 1.82) is 0 Å². The summed E-state index contributed by atoms with van der Waals surface area (Å²) in [7, 11) is 0. The zero-order valence-electron chi connectivity index (χ0n) is 12.0. The molecule has 0 saturated carbocycles. The standard InChI is InChI=1S/C16H13Cl2N3O2/c17-11-4-5-14(13(18)7-11)23-10-16(22)20-9-15-19-8-12-3-1-2-6-21(12)15/h1-8H,9-10H2,(H,20,22). The second kappa shape index (κ2) is 6.89. The van der Waals surface area contributed by atoms with Crippen molar-refractivity contribution in [2.24, 2.45) is 0 Å². The van der Waals surface area contributed by atoms with Crippen LogP contribution in [-0.4, -0.2) is 21.9 Å². The number of benzene rings is 1. The van der Waals surface area contributed by atoms with Crippen molar-refractivity contribution in [3.8, 4) is 5.75 Å². The summed E-state index contributed by atoms with van der Waals surface area (Å²) in [6.45, 7) is 0.180.